The van der Waals surface area contributed by atoms with Crippen LogP contribution in [0.15, 0.2) is 23.3 Å². The fourth-order valence-corrected chi connectivity index (χ4v) is 0.994. The third-order valence-electron chi connectivity index (χ3n) is 1.79. The number of carbonyl (C=O) groups excluding carboxylic acids is 1. The van der Waals surface area contributed by atoms with Gasteiger partial charge in [-0.2, -0.15) is 10.4 Å². The second kappa shape index (κ2) is 5.37. The molecule has 6 nitrogen and oxygen atoms in total. The molecule has 0 heterocycles. The van der Waals surface area contributed by atoms with Gasteiger partial charge in [0, 0.05) is 5.56 Å². The number of hydrogen-bond donors (Lipinski definition) is 3. The highest BCUT2D eigenvalue weighted by atomic mass is 19.1. The Hall–Kier alpha value is -2.75. The standard InChI is InChI=1S/C10H8FN5O/c11-7-1-2-8(6(3-7)5-17)15-16-9(4-12)10(13)14/h1-3,5,15H,(H3,13,14)/b16-9+. The van der Waals surface area contributed by atoms with E-state index in [1.807, 2.05) is 0 Å². The second-order valence-electron chi connectivity index (χ2n) is 2.95. The Morgan fingerprint density at radius 2 is 2.35 bits per heavy atom. The minimum absolute atomic E-state index is 0.0505. The van der Waals surface area contributed by atoms with Gasteiger partial charge in [0.25, 0.3) is 0 Å². The number of rotatable bonds is 4. The van der Waals surface area contributed by atoms with Crippen LogP contribution >= 0.6 is 0 Å². The predicted octanol–water partition coefficient (Wildman–Crippen LogP) is 0.866. The van der Waals surface area contributed by atoms with Crippen LogP contribution in [0.1, 0.15) is 10.4 Å². The Morgan fingerprint density at radius 1 is 1.65 bits per heavy atom. The number of halogens is 1. The molecule has 7 heteroatoms. The van der Waals surface area contributed by atoms with Crippen LogP contribution in [0, 0.1) is 22.6 Å². The van der Waals surface area contributed by atoms with E-state index in [9.17, 15) is 9.18 Å². The van der Waals surface area contributed by atoms with E-state index in [-0.39, 0.29) is 17.0 Å². The number of benzene rings is 1. The van der Waals surface area contributed by atoms with E-state index in [1.54, 1.807) is 6.07 Å². The van der Waals surface area contributed by atoms with Crippen molar-refractivity contribution in [3.05, 3.63) is 29.6 Å². The van der Waals surface area contributed by atoms with E-state index in [1.165, 1.54) is 6.07 Å². The molecule has 1 rings (SSSR count). The molecular weight excluding hydrogens is 225 g/mol. The van der Waals surface area contributed by atoms with Crippen molar-refractivity contribution in [2.45, 2.75) is 0 Å². The summed E-state index contributed by atoms with van der Waals surface area (Å²) >= 11 is 0. The number of hydrazone groups is 1. The number of amidine groups is 1. The fraction of sp³-hybridized carbons (Fsp3) is 0. The monoisotopic (exact) mass is 233 g/mol. The SMILES string of the molecule is N#C/C(=N\Nc1ccc(F)cc1C=O)C(=N)N. The van der Waals surface area contributed by atoms with Gasteiger partial charge in [0.1, 0.15) is 11.9 Å². The molecule has 0 fully saturated rings. The van der Waals surface area contributed by atoms with Gasteiger partial charge in [-0.25, -0.2) is 4.39 Å². The maximum atomic E-state index is 12.8. The number of nitriles is 1. The van der Waals surface area contributed by atoms with Gasteiger partial charge in [-0.05, 0) is 18.2 Å². The molecule has 86 valence electrons. The minimum atomic E-state index is -0.561. The maximum Gasteiger partial charge on any atom is 0.201 e. The van der Waals surface area contributed by atoms with Gasteiger partial charge in [-0.1, -0.05) is 0 Å². The van der Waals surface area contributed by atoms with Crippen molar-refractivity contribution in [1.29, 1.82) is 10.7 Å². The van der Waals surface area contributed by atoms with Crippen LogP contribution in [0.4, 0.5) is 10.1 Å². The van der Waals surface area contributed by atoms with Crippen LogP contribution in [0.5, 0.6) is 0 Å². The van der Waals surface area contributed by atoms with Crippen LogP contribution in [-0.2, 0) is 0 Å². The lowest BCUT2D eigenvalue weighted by molar-refractivity contribution is 0.112. The van der Waals surface area contributed by atoms with E-state index in [0.29, 0.717) is 6.29 Å². The topological polar surface area (TPSA) is 115 Å². The van der Waals surface area contributed by atoms with Crippen molar-refractivity contribution < 1.29 is 9.18 Å². The molecule has 0 spiro atoms. The van der Waals surface area contributed by atoms with Crippen molar-refractivity contribution >= 4 is 23.5 Å². The fourth-order valence-electron chi connectivity index (χ4n) is 0.994. The van der Waals surface area contributed by atoms with Crippen LogP contribution in [-0.4, -0.2) is 17.8 Å². The largest absolute Gasteiger partial charge is 0.382 e. The molecule has 0 radical (unpaired) electrons. The Kier molecular flexibility index (Phi) is 3.89. The van der Waals surface area contributed by atoms with E-state index in [4.69, 9.17) is 16.4 Å². The molecule has 0 unspecified atom stereocenters. The molecule has 0 saturated heterocycles. The van der Waals surface area contributed by atoms with E-state index in [0.717, 1.165) is 12.1 Å². The predicted molar refractivity (Wildman–Crippen MR) is 60.4 cm³/mol. The van der Waals surface area contributed by atoms with Gasteiger partial charge in [0.2, 0.25) is 5.71 Å². The number of nitrogens with zero attached hydrogens (tertiary/aromatic N) is 2. The van der Waals surface area contributed by atoms with E-state index >= 15 is 0 Å². The van der Waals surface area contributed by atoms with Gasteiger partial charge in [-0.15, -0.1) is 0 Å². The molecule has 4 N–H and O–H groups in total. The number of anilines is 1. The van der Waals surface area contributed by atoms with Crippen molar-refractivity contribution in [1.82, 2.24) is 0 Å². The summed E-state index contributed by atoms with van der Waals surface area (Å²) in [6.07, 6.45) is 0.445. The lowest BCUT2D eigenvalue weighted by Crippen LogP contribution is -2.22. The third kappa shape index (κ3) is 3.10. The number of hydrogen-bond acceptors (Lipinski definition) is 5. The van der Waals surface area contributed by atoms with Gasteiger partial charge < -0.3 is 5.73 Å². The summed E-state index contributed by atoms with van der Waals surface area (Å²) in [6.45, 7) is 0. The second-order valence-corrected chi connectivity index (χ2v) is 2.95. The first-order valence-corrected chi connectivity index (χ1v) is 4.41. The summed E-state index contributed by atoms with van der Waals surface area (Å²) in [5, 5.41) is 19.1. The molecule has 0 saturated carbocycles. The summed E-state index contributed by atoms with van der Waals surface area (Å²) in [5.74, 6) is -1.07. The summed E-state index contributed by atoms with van der Waals surface area (Å²) in [5.41, 5.74) is 7.38. The summed E-state index contributed by atoms with van der Waals surface area (Å²) in [6, 6.07) is 5.03. The molecule has 1 aromatic rings. The van der Waals surface area contributed by atoms with Gasteiger partial charge >= 0.3 is 0 Å². The van der Waals surface area contributed by atoms with Gasteiger partial charge in [-0.3, -0.25) is 15.6 Å². The third-order valence-corrected chi connectivity index (χ3v) is 1.79. The minimum Gasteiger partial charge on any atom is -0.382 e. The zero-order valence-electron chi connectivity index (χ0n) is 8.57. The molecule has 0 aliphatic rings. The van der Waals surface area contributed by atoms with Crippen LogP contribution < -0.4 is 11.2 Å². The van der Waals surface area contributed by atoms with Crippen molar-refractivity contribution in [2.24, 2.45) is 10.8 Å². The smallest absolute Gasteiger partial charge is 0.201 e. The van der Waals surface area contributed by atoms with Gasteiger partial charge in [0.15, 0.2) is 12.1 Å². The van der Waals surface area contributed by atoms with E-state index in [2.05, 4.69) is 10.5 Å². The molecule has 1 aromatic carbocycles. The molecular formula is C10H8FN5O. The Balaban J connectivity index is 3.01. The maximum absolute atomic E-state index is 12.8. The highest BCUT2D eigenvalue weighted by molar-refractivity contribution is 6.45. The van der Waals surface area contributed by atoms with Crippen molar-refractivity contribution in [2.75, 3.05) is 5.43 Å². The van der Waals surface area contributed by atoms with Crippen molar-refractivity contribution in [3.8, 4) is 6.07 Å². The molecule has 0 atom stereocenters. The lowest BCUT2D eigenvalue weighted by atomic mass is 10.2. The van der Waals surface area contributed by atoms with E-state index < -0.39 is 11.7 Å². The number of nitrogens with two attached hydrogens (primary N) is 1. The van der Waals surface area contributed by atoms with Crippen LogP contribution in [0.2, 0.25) is 0 Å². The van der Waals surface area contributed by atoms with Crippen molar-refractivity contribution in [3.63, 3.8) is 0 Å². The van der Waals surface area contributed by atoms with Gasteiger partial charge in [0.05, 0.1) is 5.69 Å². The molecule has 0 aliphatic carbocycles. The highest BCUT2D eigenvalue weighted by Crippen LogP contribution is 2.14. The first-order chi connectivity index (χ1) is 8.08. The Labute approximate surface area is 96.1 Å². The average Bonchev–Trinajstić information content (AvgIpc) is 2.31. The number of nitrogens with one attached hydrogen (secondary N) is 2. The Bertz CT molecular complexity index is 532. The zero-order valence-corrected chi connectivity index (χ0v) is 8.57. The normalized spacial score (nSPS) is 10.5. The molecule has 17 heavy (non-hydrogen) atoms. The number of carbonyl (C=O) groups is 1. The molecule has 0 bridgehead atoms. The van der Waals surface area contributed by atoms with Crippen LogP contribution in [0.3, 0.4) is 0 Å². The first-order valence-electron chi connectivity index (χ1n) is 4.41. The Morgan fingerprint density at radius 3 is 2.88 bits per heavy atom. The number of aldehydes is 1. The quantitative estimate of drug-likeness (QED) is 0.309. The van der Waals surface area contributed by atoms with Crippen LogP contribution in [0.25, 0.3) is 0 Å². The molecule has 0 aromatic heterocycles. The summed E-state index contributed by atoms with van der Waals surface area (Å²) in [4.78, 5) is 10.6. The average molecular weight is 233 g/mol. The zero-order chi connectivity index (χ0) is 12.8. The first kappa shape index (κ1) is 12.3. The summed E-state index contributed by atoms with van der Waals surface area (Å²) < 4.78 is 12.8. The highest BCUT2D eigenvalue weighted by Gasteiger charge is 2.04. The lowest BCUT2D eigenvalue weighted by Gasteiger charge is -2.04. The summed E-state index contributed by atoms with van der Waals surface area (Å²) in [7, 11) is 0. The molecule has 0 amide bonds. The molecule has 0 aliphatic heterocycles.